The molecular weight excluding hydrogens is 236 g/mol. The van der Waals surface area contributed by atoms with Gasteiger partial charge in [-0.15, -0.1) is 0 Å². The fourth-order valence-electron chi connectivity index (χ4n) is 2.27. The van der Waals surface area contributed by atoms with Crippen molar-refractivity contribution >= 4 is 5.91 Å². The molecule has 1 saturated carbocycles. The summed E-state index contributed by atoms with van der Waals surface area (Å²) in [5, 5.41) is 3.00. The summed E-state index contributed by atoms with van der Waals surface area (Å²) in [6.45, 7) is 5.45. The number of nitrogens with one attached hydrogen (secondary N) is 1. The van der Waals surface area contributed by atoms with E-state index in [4.69, 9.17) is 0 Å². The van der Waals surface area contributed by atoms with Crippen LogP contribution in [0.25, 0.3) is 0 Å². The Morgan fingerprint density at radius 1 is 1.32 bits per heavy atom. The largest absolute Gasteiger partial charge is 0.351 e. The number of rotatable bonds is 8. The van der Waals surface area contributed by atoms with Gasteiger partial charge in [-0.2, -0.15) is 0 Å². The van der Waals surface area contributed by atoms with Crippen molar-refractivity contribution in [1.29, 1.82) is 0 Å². The minimum absolute atomic E-state index is 0.137. The molecule has 1 aliphatic carbocycles. The fourth-order valence-corrected chi connectivity index (χ4v) is 2.27. The van der Waals surface area contributed by atoms with Gasteiger partial charge in [-0.25, -0.2) is 0 Å². The molecule has 1 aliphatic rings. The summed E-state index contributed by atoms with van der Waals surface area (Å²) in [6, 6.07) is 10.1. The average molecular weight is 260 g/mol. The Hall–Kier alpha value is -1.35. The highest BCUT2D eigenvalue weighted by Crippen LogP contribution is 2.29. The van der Waals surface area contributed by atoms with E-state index >= 15 is 0 Å². The summed E-state index contributed by atoms with van der Waals surface area (Å²) in [4.78, 5) is 14.2. The Labute approximate surface area is 116 Å². The van der Waals surface area contributed by atoms with E-state index < -0.39 is 0 Å². The third-order valence-electron chi connectivity index (χ3n) is 3.45. The van der Waals surface area contributed by atoms with Crippen LogP contribution in [0.4, 0.5) is 0 Å². The second-order valence-electron chi connectivity index (χ2n) is 5.44. The lowest BCUT2D eigenvalue weighted by atomic mass is 10.2. The molecule has 0 spiro atoms. The Kier molecular flexibility index (Phi) is 5.40. The van der Waals surface area contributed by atoms with Crippen LogP contribution in [0.1, 0.15) is 31.7 Å². The molecule has 0 aliphatic heterocycles. The van der Waals surface area contributed by atoms with Crippen molar-refractivity contribution in [1.82, 2.24) is 10.2 Å². The highest BCUT2D eigenvalue weighted by molar-refractivity contribution is 5.78. The first kappa shape index (κ1) is 14.1. The third-order valence-corrected chi connectivity index (χ3v) is 3.45. The van der Waals surface area contributed by atoms with E-state index in [1.807, 2.05) is 30.3 Å². The monoisotopic (exact) mass is 260 g/mol. The maximum absolute atomic E-state index is 12.0. The van der Waals surface area contributed by atoms with Crippen LogP contribution in [-0.2, 0) is 11.3 Å². The number of hydrogen-bond acceptors (Lipinski definition) is 2. The number of nitrogens with zero attached hydrogens (tertiary/aromatic N) is 1. The van der Waals surface area contributed by atoms with Crippen LogP contribution < -0.4 is 5.32 Å². The lowest BCUT2D eigenvalue weighted by Crippen LogP contribution is -2.38. The first-order valence-corrected chi connectivity index (χ1v) is 7.31. The number of carbonyl (C=O) groups excluding carboxylic acids is 1. The molecule has 0 unspecified atom stereocenters. The normalized spacial score (nSPS) is 14.6. The molecule has 0 aromatic heterocycles. The Morgan fingerprint density at radius 3 is 2.68 bits per heavy atom. The molecule has 0 bridgehead atoms. The predicted molar refractivity (Wildman–Crippen MR) is 77.7 cm³/mol. The molecule has 19 heavy (non-hydrogen) atoms. The maximum Gasteiger partial charge on any atom is 0.234 e. The van der Waals surface area contributed by atoms with E-state index in [1.165, 1.54) is 12.8 Å². The molecule has 0 radical (unpaired) electrons. The van der Waals surface area contributed by atoms with Crippen LogP contribution in [0.3, 0.4) is 0 Å². The number of amides is 1. The summed E-state index contributed by atoms with van der Waals surface area (Å²) >= 11 is 0. The Balaban J connectivity index is 1.72. The van der Waals surface area contributed by atoms with Crippen LogP contribution in [0.15, 0.2) is 30.3 Å². The van der Waals surface area contributed by atoms with Gasteiger partial charge in [-0.05, 0) is 37.3 Å². The van der Waals surface area contributed by atoms with Gasteiger partial charge in [0.25, 0.3) is 0 Å². The van der Waals surface area contributed by atoms with Crippen molar-refractivity contribution < 1.29 is 4.79 Å². The standard InChI is InChI=1S/C16H24N2O/c1-2-10-18(12-15-8-9-15)13-16(19)17-11-14-6-4-3-5-7-14/h3-7,15H,2,8-13H2,1H3,(H,17,19). The van der Waals surface area contributed by atoms with Gasteiger partial charge < -0.3 is 5.32 Å². The molecule has 0 heterocycles. The molecule has 0 saturated heterocycles. The number of hydrogen-bond donors (Lipinski definition) is 1. The highest BCUT2D eigenvalue weighted by Gasteiger charge is 2.24. The average Bonchev–Trinajstić information content (AvgIpc) is 3.22. The van der Waals surface area contributed by atoms with Crippen LogP contribution in [-0.4, -0.2) is 30.4 Å². The van der Waals surface area contributed by atoms with Crippen molar-refractivity contribution in [2.75, 3.05) is 19.6 Å². The summed E-state index contributed by atoms with van der Waals surface area (Å²) in [5.74, 6) is 0.978. The van der Waals surface area contributed by atoms with E-state index in [1.54, 1.807) is 0 Å². The molecule has 104 valence electrons. The van der Waals surface area contributed by atoms with Crippen LogP contribution in [0, 0.1) is 5.92 Å². The Bertz CT molecular complexity index is 387. The summed E-state index contributed by atoms with van der Waals surface area (Å²) in [6.07, 6.45) is 3.79. The van der Waals surface area contributed by atoms with Crippen molar-refractivity contribution in [3.8, 4) is 0 Å². The van der Waals surface area contributed by atoms with Crippen molar-refractivity contribution in [2.45, 2.75) is 32.7 Å². The highest BCUT2D eigenvalue weighted by atomic mass is 16.2. The van der Waals surface area contributed by atoms with Crippen molar-refractivity contribution in [2.24, 2.45) is 5.92 Å². The van der Waals surface area contributed by atoms with Gasteiger partial charge >= 0.3 is 0 Å². The topological polar surface area (TPSA) is 32.3 Å². The molecule has 1 N–H and O–H groups in total. The molecule has 1 fully saturated rings. The van der Waals surface area contributed by atoms with Gasteiger partial charge in [0.15, 0.2) is 0 Å². The zero-order valence-corrected chi connectivity index (χ0v) is 11.8. The summed E-state index contributed by atoms with van der Waals surface area (Å²) in [7, 11) is 0. The Morgan fingerprint density at radius 2 is 2.05 bits per heavy atom. The van der Waals surface area contributed by atoms with Crippen molar-refractivity contribution in [3.05, 3.63) is 35.9 Å². The molecule has 1 amide bonds. The van der Waals surface area contributed by atoms with Crippen LogP contribution in [0.2, 0.25) is 0 Å². The van der Waals surface area contributed by atoms with E-state index in [9.17, 15) is 4.79 Å². The summed E-state index contributed by atoms with van der Waals surface area (Å²) < 4.78 is 0. The fraction of sp³-hybridized carbons (Fsp3) is 0.562. The molecule has 1 aromatic carbocycles. The quantitative estimate of drug-likeness (QED) is 0.778. The molecular formula is C16H24N2O. The molecule has 0 atom stereocenters. The minimum atomic E-state index is 0.137. The number of carbonyl (C=O) groups is 1. The molecule has 1 aromatic rings. The van der Waals surface area contributed by atoms with Crippen molar-refractivity contribution in [3.63, 3.8) is 0 Å². The third kappa shape index (κ3) is 5.43. The molecule has 3 heteroatoms. The van der Waals surface area contributed by atoms with E-state index in [2.05, 4.69) is 17.1 Å². The zero-order chi connectivity index (χ0) is 13.5. The van der Waals surface area contributed by atoms with E-state index in [0.717, 1.165) is 31.0 Å². The van der Waals surface area contributed by atoms with Crippen LogP contribution >= 0.6 is 0 Å². The minimum Gasteiger partial charge on any atom is -0.351 e. The van der Waals surface area contributed by atoms with Gasteiger partial charge in [0.2, 0.25) is 5.91 Å². The van der Waals surface area contributed by atoms with Gasteiger partial charge in [0.05, 0.1) is 6.54 Å². The smallest absolute Gasteiger partial charge is 0.234 e. The van der Waals surface area contributed by atoms with E-state index in [0.29, 0.717) is 13.1 Å². The van der Waals surface area contributed by atoms with Crippen LogP contribution in [0.5, 0.6) is 0 Å². The first-order chi connectivity index (χ1) is 9.28. The molecule has 2 rings (SSSR count). The second-order valence-corrected chi connectivity index (χ2v) is 5.44. The lowest BCUT2D eigenvalue weighted by molar-refractivity contribution is -0.122. The first-order valence-electron chi connectivity index (χ1n) is 7.31. The molecule has 3 nitrogen and oxygen atoms in total. The predicted octanol–water partition coefficient (Wildman–Crippen LogP) is 2.42. The van der Waals surface area contributed by atoms with Gasteiger partial charge in [-0.3, -0.25) is 9.69 Å². The lowest BCUT2D eigenvalue weighted by Gasteiger charge is -2.20. The number of benzene rings is 1. The SMILES string of the molecule is CCCN(CC(=O)NCc1ccccc1)CC1CC1. The zero-order valence-electron chi connectivity index (χ0n) is 11.8. The van der Waals surface area contributed by atoms with Gasteiger partial charge in [0, 0.05) is 13.1 Å². The summed E-state index contributed by atoms with van der Waals surface area (Å²) in [5.41, 5.74) is 1.15. The van der Waals surface area contributed by atoms with Gasteiger partial charge in [0.1, 0.15) is 0 Å². The second kappa shape index (κ2) is 7.29. The maximum atomic E-state index is 12.0. The van der Waals surface area contributed by atoms with Gasteiger partial charge in [-0.1, -0.05) is 37.3 Å². The van der Waals surface area contributed by atoms with E-state index in [-0.39, 0.29) is 5.91 Å².